The number of halogens is 1. The quantitative estimate of drug-likeness (QED) is 0.485. The van der Waals surface area contributed by atoms with Gasteiger partial charge in [0.05, 0.1) is 24.2 Å². The minimum absolute atomic E-state index is 0.301. The largest absolute Gasteiger partial charge is 0.466 e. The Morgan fingerprint density at radius 3 is 2.65 bits per heavy atom. The molecule has 1 aromatic carbocycles. The van der Waals surface area contributed by atoms with Crippen molar-refractivity contribution < 1.29 is 13.9 Å². The molecule has 0 aliphatic carbocycles. The lowest BCUT2D eigenvalue weighted by atomic mass is 9.82. The molecular formula is C18H18FN3O3S. The number of hydrogen-bond acceptors (Lipinski definition) is 6. The van der Waals surface area contributed by atoms with Crippen molar-refractivity contribution >= 4 is 23.5 Å². The lowest BCUT2D eigenvalue weighted by molar-refractivity contribution is -0.136. The molecular weight excluding hydrogens is 357 g/mol. The normalized spacial score (nSPS) is 16.1. The highest BCUT2D eigenvalue weighted by Crippen LogP contribution is 2.39. The van der Waals surface area contributed by atoms with Crippen molar-refractivity contribution in [3.63, 3.8) is 0 Å². The van der Waals surface area contributed by atoms with Gasteiger partial charge in [-0.05, 0) is 30.4 Å². The molecule has 0 saturated heterocycles. The van der Waals surface area contributed by atoms with Crippen molar-refractivity contribution in [1.82, 2.24) is 9.97 Å². The molecule has 0 bridgehead atoms. The molecule has 2 aromatic rings. The van der Waals surface area contributed by atoms with Crippen molar-refractivity contribution in [2.24, 2.45) is 0 Å². The van der Waals surface area contributed by atoms with Crippen LogP contribution in [0.2, 0.25) is 0 Å². The summed E-state index contributed by atoms with van der Waals surface area (Å²) >= 11 is 1.41. The molecule has 136 valence electrons. The van der Waals surface area contributed by atoms with Crippen LogP contribution in [0.25, 0.3) is 0 Å². The van der Waals surface area contributed by atoms with Gasteiger partial charge in [-0.2, -0.15) is 0 Å². The number of methoxy groups -OCH3 is 1. The summed E-state index contributed by atoms with van der Waals surface area (Å²) in [6.07, 6.45) is 0. The number of nitrogens with one attached hydrogen (secondary N) is 2. The zero-order valence-corrected chi connectivity index (χ0v) is 15.4. The maximum atomic E-state index is 13.4. The van der Waals surface area contributed by atoms with E-state index in [-0.39, 0.29) is 5.56 Å². The first-order chi connectivity index (χ1) is 12.5. The molecule has 3 rings (SSSR count). The van der Waals surface area contributed by atoms with Crippen LogP contribution in [0.15, 0.2) is 45.5 Å². The molecule has 0 saturated carbocycles. The third kappa shape index (κ3) is 3.24. The third-order valence-electron chi connectivity index (χ3n) is 4.11. The molecule has 0 amide bonds. The van der Waals surface area contributed by atoms with Crippen molar-refractivity contribution in [2.45, 2.75) is 24.9 Å². The third-order valence-corrected chi connectivity index (χ3v) is 4.87. The number of carbonyl (C=O) groups is 1. The summed E-state index contributed by atoms with van der Waals surface area (Å²) in [7, 11) is 1.28. The highest BCUT2D eigenvalue weighted by molar-refractivity contribution is 7.99. The Bertz CT molecular complexity index is 938. The number of fused-ring (bicyclic) bond motifs is 1. The van der Waals surface area contributed by atoms with Crippen LogP contribution < -0.4 is 10.9 Å². The van der Waals surface area contributed by atoms with Crippen LogP contribution >= 0.6 is 11.8 Å². The Kier molecular flexibility index (Phi) is 5.13. The van der Waals surface area contributed by atoms with Gasteiger partial charge in [-0.3, -0.25) is 4.79 Å². The van der Waals surface area contributed by atoms with Gasteiger partial charge >= 0.3 is 5.97 Å². The van der Waals surface area contributed by atoms with E-state index in [1.54, 1.807) is 19.1 Å². The fourth-order valence-corrected chi connectivity index (χ4v) is 3.60. The van der Waals surface area contributed by atoms with Crippen LogP contribution in [-0.4, -0.2) is 28.8 Å². The Balaban J connectivity index is 2.25. The molecule has 2 heterocycles. The highest BCUT2D eigenvalue weighted by atomic mass is 32.2. The number of allylic oxidation sites excluding steroid dienone is 1. The molecule has 6 nitrogen and oxygen atoms in total. The number of esters is 1. The van der Waals surface area contributed by atoms with E-state index in [0.29, 0.717) is 33.4 Å². The van der Waals surface area contributed by atoms with E-state index in [1.165, 1.54) is 31.0 Å². The van der Waals surface area contributed by atoms with E-state index in [2.05, 4.69) is 15.3 Å². The van der Waals surface area contributed by atoms with Gasteiger partial charge in [-0.25, -0.2) is 14.2 Å². The zero-order valence-electron chi connectivity index (χ0n) is 14.6. The molecule has 1 atom stereocenters. The molecule has 1 aliphatic heterocycles. The Hall–Kier alpha value is -2.61. The molecule has 0 radical (unpaired) electrons. The Morgan fingerprint density at radius 2 is 2.04 bits per heavy atom. The van der Waals surface area contributed by atoms with Gasteiger partial charge in [0.1, 0.15) is 11.6 Å². The van der Waals surface area contributed by atoms with Crippen LogP contribution in [0.1, 0.15) is 30.9 Å². The van der Waals surface area contributed by atoms with Crippen LogP contribution in [0.5, 0.6) is 0 Å². The monoisotopic (exact) mass is 375 g/mol. The first-order valence-corrected chi connectivity index (χ1v) is 9.03. The summed E-state index contributed by atoms with van der Waals surface area (Å²) in [6, 6.07) is 5.70. The Morgan fingerprint density at radius 1 is 1.35 bits per heavy atom. The first kappa shape index (κ1) is 18.2. The smallest absolute Gasteiger partial charge is 0.336 e. The first-order valence-electron chi connectivity index (χ1n) is 8.04. The number of H-pyrrole nitrogens is 1. The second-order valence-electron chi connectivity index (χ2n) is 5.71. The number of aromatic nitrogens is 2. The predicted octanol–water partition coefficient (Wildman–Crippen LogP) is 3.03. The summed E-state index contributed by atoms with van der Waals surface area (Å²) < 4.78 is 18.3. The van der Waals surface area contributed by atoms with Gasteiger partial charge in [0, 0.05) is 5.70 Å². The number of nitrogens with zero attached hydrogens (tertiary/aromatic N) is 1. The molecule has 0 fully saturated rings. The molecule has 26 heavy (non-hydrogen) atoms. The number of anilines is 1. The van der Waals surface area contributed by atoms with Gasteiger partial charge in [0.25, 0.3) is 5.56 Å². The fourth-order valence-electron chi connectivity index (χ4n) is 3.01. The van der Waals surface area contributed by atoms with Crippen molar-refractivity contribution in [3.8, 4) is 0 Å². The van der Waals surface area contributed by atoms with Gasteiger partial charge < -0.3 is 15.0 Å². The van der Waals surface area contributed by atoms with Crippen molar-refractivity contribution in [3.05, 3.63) is 62.8 Å². The molecule has 1 aromatic heterocycles. The summed E-state index contributed by atoms with van der Waals surface area (Å²) in [4.78, 5) is 32.4. The van der Waals surface area contributed by atoms with Gasteiger partial charge in [0.2, 0.25) is 0 Å². The highest BCUT2D eigenvalue weighted by Gasteiger charge is 2.36. The van der Waals surface area contributed by atoms with E-state index in [0.717, 1.165) is 5.75 Å². The second-order valence-corrected chi connectivity index (χ2v) is 6.96. The topological polar surface area (TPSA) is 84.1 Å². The van der Waals surface area contributed by atoms with Gasteiger partial charge in [-0.1, -0.05) is 30.8 Å². The molecule has 0 unspecified atom stereocenters. The number of ether oxygens (including phenoxy) is 1. The SMILES string of the molecule is CCSc1nc2c(c(=O)[nH]1)[C@H](c1ccc(F)cc1)C(C(=O)OC)=C(C)N2. The number of hydrogen-bond donors (Lipinski definition) is 2. The fraction of sp³-hybridized carbons (Fsp3) is 0.278. The van der Waals surface area contributed by atoms with Gasteiger partial charge in [0.15, 0.2) is 5.16 Å². The maximum Gasteiger partial charge on any atom is 0.336 e. The average Bonchev–Trinajstić information content (AvgIpc) is 2.61. The Labute approximate surface area is 153 Å². The van der Waals surface area contributed by atoms with Crippen LogP contribution in [0.3, 0.4) is 0 Å². The van der Waals surface area contributed by atoms with Crippen LogP contribution in [-0.2, 0) is 9.53 Å². The van der Waals surface area contributed by atoms with E-state index < -0.39 is 17.7 Å². The second kappa shape index (κ2) is 7.33. The number of benzene rings is 1. The van der Waals surface area contributed by atoms with Crippen LogP contribution in [0.4, 0.5) is 10.2 Å². The lowest BCUT2D eigenvalue weighted by Gasteiger charge is -2.28. The number of aromatic amines is 1. The number of carbonyl (C=O) groups excluding carboxylic acids is 1. The van der Waals surface area contributed by atoms with Crippen molar-refractivity contribution in [1.29, 1.82) is 0 Å². The maximum absolute atomic E-state index is 13.4. The van der Waals surface area contributed by atoms with E-state index in [1.807, 2.05) is 6.92 Å². The lowest BCUT2D eigenvalue weighted by Crippen LogP contribution is -2.31. The predicted molar refractivity (Wildman–Crippen MR) is 97.8 cm³/mol. The summed E-state index contributed by atoms with van der Waals surface area (Å²) in [5, 5.41) is 3.53. The minimum atomic E-state index is -0.698. The number of thioether (sulfide) groups is 1. The zero-order chi connectivity index (χ0) is 18.8. The molecule has 2 N–H and O–H groups in total. The number of rotatable bonds is 4. The minimum Gasteiger partial charge on any atom is -0.466 e. The van der Waals surface area contributed by atoms with Crippen LogP contribution in [0, 0.1) is 5.82 Å². The van der Waals surface area contributed by atoms with Gasteiger partial charge in [-0.15, -0.1) is 0 Å². The van der Waals surface area contributed by atoms with E-state index in [9.17, 15) is 14.0 Å². The van der Waals surface area contributed by atoms with Crippen molar-refractivity contribution in [2.75, 3.05) is 18.2 Å². The standard InChI is InChI=1S/C18H18FN3O3S/c1-4-26-18-21-15-14(16(23)22-18)13(10-5-7-11(19)8-6-10)12(9(2)20-15)17(24)25-3/h5-8,13H,4H2,1-3H3,(H2,20,21,22,23)/t13-/m1/s1. The summed E-state index contributed by atoms with van der Waals surface area (Å²) in [5.74, 6) is -0.502. The van der Waals surface area contributed by atoms with E-state index in [4.69, 9.17) is 4.74 Å². The average molecular weight is 375 g/mol. The summed E-state index contributed by atoms with van der Waals surface area (Å²) in [6.45, 7) is 3.68. The molecule has 0 spiro atoms. The molecule has 8 heteroatoms. The summed E-state index contributed by atoms with van der Waals surface area (Å²) in [5.41, 5.74) is 1.42. The van der Waals surface area contributed by atoms with E-state index >= 15 is 0 Å². The molecule has 1 aliphatic rings.